The van der Waals surface area contributed by atoms with Gasteiger partial charge in [0.25, 0.3) is 5.91 Å². The Kier molecular flexibility index (Phi) is 7.97. The Hall–Kier alpha value is -2.09. The molecule has 0 bridgehead atoms. The highest BCUT2D eigenvalue weighted by Crippen LogP contribution is 2.44. The Bertz CT molecular complexity index is 949. The van der Waals surface area contributed by atoms with E-state index in [9.17, 15) is 9.59 Å². The molecule has 2 aromatic carbocycles. The molecule has 1 fully saturated rings. The molecule has 166 valence electrons. The summed E-state index contributed by atoms with van der Waals surface area (Å²) in [6.45, 7) is 2.22. The standard InChI is InChI=1S/C22H23Cl2NO5S/c1-4-7-30-22(27)19-12-31-21(13-5-6-17(23)18(24)10-13)25(19)20(26)14-8-15(28-2)11-16(9-14)29-3/h5-6,8-11,19,21H,4,7,12H2,1-3H3. The van der Waals surface area contributed by atoms with Crippen molar-refractivity contribution in [3.05, 3.63) is 57.6 Å². The number of carbonyl (C=O) groups is 2. The fourth-order valence-electron chi connectivity index (χ4n) is 3.24. The number of nitrogens with zero attached hydrogens (tertiary/aromatic N) is 1. The molecule has 0 N–H and O–H groups in total. The zero-order valence-electron chi connectivity index (χ0n) is 17.4. The van der Waals surface area contributed by atoms with Crippen molar-refractivity contribution in [1.29, 1.82) is 0 Å². The highest BCUT2D eigenvalue weighted by Gasteiger charge is 2.43. The van der Waals surface area contributed by atoms with Crippen LogP contribution in [0.5, 0.6) is 11.5 Å². The van der Waals surface area contributed by atoms with E-state index >= 15 is 0 Å². The van der Waals surface area contributed by atoms with Gasteiger partial charge in [-0.1, -0.05) is 36.2 Å². The minimum absolute atomic E-state index is 0.298. The number of esters is 1. The van der Waals surface area contributed by atoms with Crippen molar-refractivity contribution in [2.24, 2.45) is 0 Å². The minimum Gasteiger partial charge on any atom is -0.497 e. The van der Waals surface area contributed by atoms with Crippen LogP contribution < -0.4 is 9.47 Å². The van der Waals surface area contributed by atoms with Gasteiger partial charge >= 0.3 is 5.97 Å². The first-order valence-electron chi connectivity index (χ1n) is 9.68. The molecule has 0 radical (unpaired) electrons. The van der Waals surface area contributed by atoms with E-state index in [2.05, 4.69) is 0 Å². The van der Waals surface area contributed by atoms with Crippen LogP contribution in [-0.2, 0) is 9.53 Å². The molecular weight excluding hydrogens is 461 g/mol. The second-order valence-corrected chi connectivity index (χ2v) is 8.78. The molecule has 1 saturated heterocycles. The number of halogens is 2. The topological polar surface area (TPSA) is 65.1 Å². The zero-order valence-corrected chi connectivity index (χ0v) is 19.7. The monoisotopic (exact) mass is 483 g/mol. The highest BCUT2D eigenvalue weighted by atomic mass is 35.5. The van der Waals surface area contributed by atoms with Gasteiger partial charge in [-0.15, -0.1) is 11.8 Å². The van der Waals surface area contributed by atoms with Crippen LogP contribution in [-0.4, -0.2) is 49.4 Å². The third-order valence-electron chi connectivity index (χ3n) is 4.78. The van der Waals surface area contributed by atoms with E-state index in [0.717, 1.165) is 5.56 Å². The number of ether oxygens (including phenoxy) is 3. The van der Waals surface area contributed by atoms with Crippen LogP contribution in [0, 0.1) is 0 Å². The highest BCUT2D eigenvalue weighted by molar-refractivity contribution is 7.99. The Morgan fingerprint density at radius 2 is 1.74 bits per heavy atom. The minimum atomic E-state index is -0.735. The Balaban J connectivity index is 2.02. The lowest BCUT2D eigenvalue weighted by Gasteiger charge is -2.29. The maximum atomic E-state index is 13.6. The maximum absolute atomic E-state index is 13.6. The van der Waals surface area contributed by atoms with Crippen molar-refractivity contribution in [2.45, 2.75) is 24.8 Å². The van der Waals surface area contributed by atoms with Crippen molar-refractivity contribution < 1.29 is 23.8 Å². The molecule has 3 rings (SSSR count). The van der Waals surface area contributed by atoms with Gasteiger partial charge in [0.15, 0.2) is 0 Å². The second kappa shape index (κ2) is 10.5. The molecular formula is C22H23Cl2NO5S. The summed E-state index contributed by atoms with van der Waals surface area (Å²) in [7, 11) is 3.02. The van der Waals surface area contributed by atoms with E-state index in [1.807, 2.05) is 6.92 Å². The van der Waals surface area contributed by atoms with Crippen molar-refractivity contribution in [1.82, 2.24) is 4.90 Å². The lowest BCUT2D eigenvalue weighted by Crippen LogP contribution is -2.44. The summed E-state index contributed by atoms with van der Waals surface area (Å²) in [6, 6.07) is 9.38. The fraction of sp³-hybridized carbons (Fsp3) is 0.364. The molecule has 1 aliphatic rings. The molecule has 1 aliphatic heterocycles. The van der Waals surface area contributed by atoms with Gasteiger partial charge in [0.2, 0.25) is 0 Å². The number of thioether (sulfide) groups is 1. The van der Waals surface area contributed by atoms with Crippen molar-refractivity contribution in [3.63, 3.8) is 0 Å². The SMILES string of the molecule is CCCOC(=O)C1CSC(c2ccc(Cl)c(Cl)c2)N1C(=O)c1cc(OC)cc(OC)c1. The molecule has 31 heavy (non-hydrogen) atoms. The lowest BCUT2D eigenvalue weighted by atomic mass is 10.1. The van der Waals surface area contributed by atoms with Crippen molar-refractivity contribution in [3.8, 4) is 11.5 Å². The Labute approximate surface area is 195 Å². The predicted molar refractivity (Wildman–Crippen MR) is 122 cm³/mol. The van der Waals surface area contributed by atoms with Gasteiger partial charge in [0, 0.05) is 17.4 Å². The number of hydrogen-bond donors (Lipinski definition) is 0. The number of rotatable bonds is 7. The molecule has 0 spiro atoms. The largest absolute Gasteiger partial charge is 0.497 e. The fourth-order valence-corrected chi connectivity index (χ4v) is 4.95. The van der Waals surface area contributed by atoms with E-state index in [4.69, 9.17) is 37.4 Å². The summed E-state index contributed by atoms with van der Waals surface area (Å²) < 4.78 is 16.0. The summed E-state index contributed by atoms with van der Waals surface area (Å²) in [6.07, 6.45) is 0.697. The smallest absolute Gasteiger partial charge is 0.329 e. The normalized spacial score (nSPS) is 18.0. The van der Waals surface area contributed by atoms with Crippen molar-refractivity contribution in [2.75, 3.05) is 26.6 Å². The number of benzene rings is 2. The molecule has 1 amide bonds. The molecule has 2 unspecified atom stereocenters. The number of hydrogen-bond acceptors (Lipinski definition) is 6. The zero-order chi connectivity index (χ0) is 22.5. The van der Waals surface area contributed by atoms with Gasteiger partial charge in [-0.25, -0.2) is 4.79 Å². The third-order valence-corrected chi connectivity index (χ3v) is 6.84. The van der Waals surface area contributed by atoms with E-state index in [1.165, 1.54) is 30.9 Å². The Morgan fingerprint density at radius 1 is 1.06 bits per heavy atom. The van der Waals surface area contributed by atoms with Crippen LogP contribution in [0.15, 0.2) is 36.4 Å². The van der Waals surface area contributed by atoms with Gasteiger partial charge in [-0.05, 0) is 36.2 Å². The maximum Gasteiger partial charge on any atom is 0.329 e. The average Bonchev–Trinajstić information content (AvgIpc) is 3.23. The van der Waals surface area contributed by atoms with E-state index < -0.39 is 17.4 Å². The van der Waals surface area contributed by atoms with Crippen LogP contribution in [0.2, 0.25) is 10.0 Å². The van der Waals surface area contributed by atoms with Crippen LogP contribution in [0.1, 0.15) is 34.6 Å². The van der Waals surface area contributed by atoms with Gasteiger partial charge in [-0.2, -0.15) is 0 Å². The first-order chi connectivity index (χ1) is 14.9. The summed E-state index contributed by atoms with van der Waals surface area (Å²) in [5, 5.41) is 0.369. The molecule has 0 saturated carbocycles. The Morgan fingerprint density at radius 3 is 2.32 bits per heavy atom. The van der Waals surface area contributed by atoms with Crippen LogP contribution in [0.25, 0.3) is 0 Å². The third kappa shape index (κ3) is 5.22. The number of carbonyl (C=O) groups excluding carboxylic acids is 2. The van der Waals surface area contributed by atoms with E-state index in [1.54, 1.807) is 36.4 Å². The van der Waals surface area contributed by atoms with Gasteiger partial charge in [-0.3, -0.25) is 4.79 Å². The molecule has 0 aliphatic carbocycles. The predicted octanol–water partition coefficient (Wildman–Crippen LogP) is 5.22. The van der Waals surface area contributed by atoms with Crippen molar-refractivity contribution >= 4 is 46.8 Å². The van der Waals surface area contributed by atoms with Crippen LogP contribution in [0.4, 0.5) is 0 Å². The molecule has 1 heterocycles. The quantitative estimate of drug-likeness (QED) is 0.502. The van der Waals surface area contributed by atoms with E-state index in [-0.39, 0.29) is 5.91 Å². The lowest BCUT2D eigenvalue weighted by molar-refractivity contribution is -0.148. The molecule has 2 aromatic rings. The summed E-state index contributed by atoms with van der Waals surface area (Å²) >= 11 is 13.7. The summed E-state index contributed by atoms with van der Waals surface area (Å²) in [5.74, 6) is 0.591. The molecule has 6 nitrogen and oxygen atoms in total. The van der Waals surface area contributed by atoms with Crippen LogP contribution >= 0.6 is 35.0 Å². The summed E-state index contributed by atoms with van der Waals surface area (Å²) in [4.78, 5) is 27.9. The second-order valence-electron chi connectivity index (χ2n) is 6.86. The first kappa shape index (κ1) is 23.6. The molecule has 2 atom stereocenters. The van der Waals surface area contributed by atoms with Gasteiger partial charge in [0.05, 0.1) is 30.9 Å². The molecule has 9 heteroatoms. The number of amides is 1. The summed E-state index contributed by atoms with van der Waals surface area (Å²) in [5.41, 5.74) is 1.12. The molecule has 0 aromatic heterocycles. The van der Waals surface area contributed by atoms with E-state index in [0.29, 0.717) is 45.9 Å². The average molecular weight is 484 g/mol. The first-order valence-corrected chi connectivity index (χ1v) is 11.5. The van der Waals surface area contributed by atoms with Gasteiger partial charge in [0.1, 0.15) is 22.9 Å². The number of methoxy groups -OCH3 is 2. The van der Waals surface area contributed by atoms with Gasteiger partial charge < -0.3 is 19.1 Å². The van der Waals surface area contributed by atoms with Crippen LogP contribution in [0.3, 0.4) is 0 Å².